The molecule has 18 heavy (non-hydrogen) atoms. The number of aromatic nitrogens is 1. The van der Waals surface area contributed by atoms with Gasteiger partial charge in [-0.25, -0.2) is 0 Å². The molecule has 4 nitrogen and oxygen atoms in total. The molecule has 2 heterocycles. The molecule has 2 N–H and O–H groups in total. The fourth-order valence-electron chi connectivity index (χ4n) is 2.92. The minimum Gasteiger partial charge on any atom is -0.392 e. The van der Waals surface area contributed by atoms with Crippen molar-refractivity contribution in [1.29, 1.82) is 0 Å². The first-order valence-electron chi connectivity index (χ1n) is 6.08. The molecule has 0 fully saturated rings. The van der Waals surface area contributed by atoms with Gasteiger partial charge in [0.15, 0.2) is 0 Å². The third kappa shape index (κ3) is 1.68. The van der Waals surface area contributed by atoms with Crippen LogP contribution in [0.2, 0.25) is 0 Å². The topological polar surface area (TPSA) is 56.6 Å². The number of hydroxylamine groups is 2. The molecular formula is C14H20N2O2. The van der Waals surface area contributed by atoms with Crippen LogP contribution in [0.1, 0.15) is 33.3 Å². The van der Waals surface area contributed by atoms with Crippen LogP contribution in [0.15, 0.2) is 30.1 Å². The highest BCUT2D eigenvalue weighted by molar-refractivity contribution is 5.79. The number of aliphatic hydroxyl groups is 1. The van der Waals surface area contributed by atoms with Crippen molar-refractivity contribution >= 4 is 5.57 Å². The molecule has 1 aliphatic rings. The number of pyridine rings is 1. The van der Waals surface area contributed by atoms with Crippen LogP contribution >= 0.6 is 0 Å². The van der Waals surface area contributed by atoms with Crippen molar-refractivity contribution in [1.82, 2.24) is 10.0 Å². The zero-order valence-electron chi connectivity index (χ0n) is 11.3. The summed E-state index contributed by atoms with van der Waals surface area (Å²) in [5.74, 6) is 0. The Morgan fingerprint density at radius 3 is 2.39 bits per heavy atom. The zero-order chi connectivity index (χ0) is 13.6. The SMILES string of the molecule is CC1(C)C(CO)=C(c2cccnc2)C(C)(C)N1O. The Bertz CT molecular complexity index is 478. The third-order valence-electron chi connectivity index (χ3n) is 3.82. The molecule has 0 saturated carbocycles. The van der Waals surface area contributed by atoms with E-state index in [0.29, 0.717) is 0 Å². The summed E-state index contributed by atoms with van der Waals surface area (Å²) >= 11 is 0. The smallest absolute Gasteiger partial charge is 0.0669 e. The Morgan fingerprint density at radius 2 is 1.89 bits per heavy atom. The zero-order valence-corrected chi connectivity index (χ0v) is 11.3. The summed E-state index contributed by atoms with van der Waals surface area (Å²) in [5, 5.41) is 21.4. The molecule has 98 valence electrons. The second-order valence-corrected chi connectivity index (χ2v) is 5.68. The van der Waals surface area contributed by atoms with Crippen LogP contribution < -0.4 is 0 Å². The lowest BCUT2D eigenvalue weighted by molar-refractivity contribution is -0.184. The van der Waals surface area contributed by atoms with Crippen LogP contribution in [-0.2, 0) is 0 Å². The molecule has 4 heteroatoms. The first kappa shape index (κ1) is 13.2. The monoisotopic (exact) mass is 248 g/mol. The summed E-state index contributed by atoms with van der Waals surface area (Å²) in [6.45, 7) is 7.63. The molecule has 2 rings (SSSR count). The van der Waals surface area contributed by atoms with Crippen LogP contribution in [-0.4, -0.2) is 38.0 Å². The van der Waals surface area contributed by atoms with Gasteiger partial charge in [-0.3, -0.25) is 4.98 Å². The predicted octanol–water partition coefficient (Wildman–Crippen LogP) is 2.09. The minimum absolute atomic E-state index is 0.0717. The van der Waals surface area contributed by atoms with Gasteiger partial charge in [-0.1, -0.05) is 6.07 Å². The Balaban J connectivity index is 2.67. The van der Waals surface area contributed by atoms with Gasteiger partial charge < -0.3 is 10.3 Å². The molecule has 0 spiro atoms. The Hall–Kier alpha value is -1.23. The summed E-state index contributed by atoms with van der Waals surface area (Å²) in [6, 6.07) is 3.81. The quantitative estimate of drug-likeness (QED) is 0.841. The van der Waals surface area contributed by atoms with Crippen LogP contribution in [0.25, 0.3) is 5.57 Å². The molecule has 1 aliphatic heterocycles. The molecule has 0 aliphatic carbocycles. The number of hydrogen-bond donors (Lipinski definition) is 2. The van der Waals surface area contributed by atoms with Crippen molar-refractivity contribution in [2.24, 2.45) is 0 Å². The largest absolute Gasteiger partial charge is 0.392 e. The summed E-state index contributed by atoms with van der Waals surface area (Å²) in [4.78, 5) is 4.12. The maximum Gasteiger partial charge on any atom is 0.0669 e. The second kappa shape index (κ2) is 4.16. The van der Waals surface area contributed by atoms with Gasteiger partial charge in [0, 0.05) is 12.4 Å². The maximum absolute atomic E-state index is 10.4. The first-order valence-corrected chi connectivity index (χ1v) is 6.08. The van der Waals surface area contributed by atoms with Gasteiger partial charge >= 0.3 is 0 Å². The predicted molar refractivity (Wildman–Crippen MR) is 70.0 cm³/mol. The second-order valence-electron chi connectivity index (χ2n) is 5.68. The standard InChI is InChI=1S/C14H20N2O2/c1-13(2)11(9-17)12(14(3,4)16(13)18)10-6-5-7-15-8-10/h5-8,17-18H,9H2,1-4H3. The molecular weight excluding hydrogens is 228 g/mol. The number of rotatable bonds is 2. The summed E-state index contributed by atoms with van der Waals surface area (Å²) < 4.78 is 0. The average Bonchev–Trinajstić information content (AvgIpc) is 2.47. The molecule has 1 aromatic rings. The van der Waals surface area contributed by atoms with Crippen molar-refractivity contribution < 1.29 is 10.3 Å². The summed E-state index contributed by atoms with van der Waals surface area (Å²) in [7, 11) is 0. The van der Waals surface area contributed by atoms with Gasteiger partial charge in [0.25, 0.3) is 0 Å². The Kier molecular flexibility index (Phi) is 3.05. The normalized spacial score (nSPS) is 22.6. The van der Waals surface area contributed by atoms with Gasteiger partial charge in [-0.05, 0) is 50.5 Å². The molecule has 0 radical (unpaired) electrons. The van der Waals surface area contributed by atoms with E-state index in [1.807, 2.05) is 39.8 Å². The fourth-order valence-corrected chi connectivity index (χ4v) is 2.92. The van der Waals surface area contributed by atoms with E-state index in [2.05, 4.69) is 4.98 Å². The first-order chi connectivity index (χ1) is 8.33. The van der Waals surface area contributed by atoms with E-state index in [1.165, 1.54) is 5.06 Å². The fraction of sp³-hybridized carbons (Fsp3) is 0.500. The molecule has 0 amide bonds. The van der Waals surface area contributed by atoms with Crippen molar-refractivity contribution in [3.8, 4) is 0 Å². The van der Waals surface area contributed by atoms with Crippen molar-refractivity contribution in [2.45, 2.75) is 38.8 Å². The van der Waals surface area contributed by atoms with Gasteiger partial charge in [0.2, 0.25) is 0 Å². The van der Waals surface area contributed by atoms with Crippen molar-refractivity contribution in [3.63, 3.8) is 0 Å². The van der Waals surface area contributed by atoms with E-state index >= 15 is 0 Å². The van der Waals surface area contributed by atoms with Crippen molar-refractivity contribution in [3.05, 3.63) is 35.7 Å². The number of nitrogens with zero attached hydrogens (tertiary/aromatic N) is 2. The molecule has 0 bridgehead atoms. The van der Waals surface area contributed by atoms with E-state index < -0.39 is 11.1 Å². The van der Waals surface area contributed by atoms with E-state index in [4.69, 9.17) is 0 Å². The van der Waals surface area contributed by atoms with E-state index in [1.54, 1.807) is 12.4 Å². The highest BCUT2D eigenvalue weighted by Crippen LogP contribution is 2.47. The van der Waals surface area contributed by atoms with Gasteiger partial charge in [-0.2, -0.15) is 5.06 Å². The molecule has 0 unspecified atom stereocenters. The van der Waals surface area contributed by atoms with E-state index in [9.17, 15) is 10.3 Å². The molecule has 0 atom stereocenters. The van der Waals surface area contributed by atoms with Crippen LogP contribution in [0.4, 0.5) is 0 Å². The van der Waals surface area contributed by atoms with Crippen LogP contribution in [0.3, 0.4) is 0 Å². The van der Waals surface area contributed by atoms with E-state index in [0.717, 1.165) is 16.7 Å². The Morgan fingerprint density at radius 1 is 1.22 bits per heavy atom. The lowest BCUT2D eigenvalue weighted by atomic mass is 9.87. The van der Waals surface area contributed by atoms with Crippen LogP contribution in [0.5, 0.6) is 0 Å². The molecule has 1 aromatic heterocycles. The lowest BCUT2D eigenvalue weighted by Gasteiger charge is -2.36. The average molecular weight is 248 g/mol. The lowest BCUT2D eigenvalue weighted by Crippen LogP contribution is -2.48. The van der Waals surface area contributed by atoms with Crippen molar-refractivity contribution in [2.75, 3.05) is 6.61 Å². The minimum atomic E-state index is -0.580. The summed E-state index contributed by atoms with van der Waals surface area (Å²) in [6.07, 6.45) is 3.48. The van der Waals surface area contributed by atoms with Crippen LogP contribution in [0, 0.1) is 0 Å². The third-order valence-corrected chi connectivity index (χ3v) is 3.82. The number of aliphatic hydroxyl groups excluding tert-OH is 1. The van der Waals surface area contributed by atoms with Gasteiger partial charge in [0.05, 0.1) is 17.7 Å². The molecule has 0 saturated heterocycles. The molecule has 0 aromatic carbocycles. The Labute approximate surface area is 108 Å². The highest BCUT2D eigenvalue weighted by atomic mass is 16.5. The maximum atomic E-state index is 10.4. The van der Waals surface area contributed by atoms with Gasteiger partial charge in [-0.15, -0.1) is 0 Å². The highest BCUT2D eigenvalue weighted by Gasteiger charge is 2.50. The summed E-state index contributed by atoms with van der Waals surface area (Å²) in [5.41, 5.74) is 1.60. The number of hydrogen-bond acceptors (Lipinski definition) is 4. The van der Waals surface area contributed by atoms with Gasteiger partial charge in [0.1, 0.15) is 0 Å². The van der Waals surface area contributed by atoms with E-state index in [-0.39, 0.29) is 6.61 Å².